The number of nitrogens with two attached hydrogens (primary N) is 1. The van der Waals surface area contributed by atoms with Crippen molar-refractivity contribution >= 4 is 11.9 Å². The lowest BCUT2D eigenvalue weighted by Crippen LogP contribution is -2.14. The summed E-state index contributed by atoms with van der Waals surface area (Å²) in [4.78, 5) is 24.6. The Morgan fingerprint density at radius 2 is 2.23 bits per heavy atom. The van der Waals surface area contributed by atoms with E-state index in [1.165, 1.54) is 12.3 Å². The third-order valence-corrected chi connectivity index (χ3v) is 1.42. The Bertz CT molecular complexity index is 349. The molecule has 1 aromatic rings. The lowest BCUT2D eigenvalue weighted by Gasteiger charge is -1.97. The predicted molar refractivity (Wildman–Crippen MR) is 44.1 cm³/mol. The number of aromatic nitrogens is 1. The summed E-state index contributed by atoms with van der Waals surface area (Å²) >= 11 is 0. The number of rotatable bonds is 3. The Balaban J connectivity index is 2.91. The van der Waals surface area contributed by atoms with Gasteiger partial charge < -0.3 is 10.8 Å². The molecular weight excluding hydrogens is 172 g/mol. The highest BCUT2D eigenvalue weighted by molar-refractivity contribution is 5.86. The summed E-state index contributed by atoms with van der Waals surface area (Å²) in [7, 11) is 0. The van der Waals surface area contributed by atoms with Crippen LogP contribution in [0.5, 0.6) is 0 Å². The summed E-state index contributed by atoms with van der Waals surface area (Å²) in [6.07, 6.45) is 1.37. The van der Waals surface area contributed by atoms with Crippen LogP contribution in [0.1, 0.15) is 16.1 Å². The number of amides is 1. The molecule has 5 heteroatoms. The quantitative estimate of drug-likeness (QED) is 0.674. The van der Waals surface area contributed by atoms with E-state index in [2.05, 4.69) is 4.98 Å². The van der Waals surface area contributed by atoms with Gasteiger partial charge in [0.1, 0.15) is 5.69 Å². The van der Waals surface area contributed by atoms with Gasteiger partial charge in [-0.05, 0) is 17.7 Å². The first-order valence-electron chi connectivity index (χ1n) is 3.56. The van der Waals surface area contributed by atoms with Crippen LogP contribution in [0.4, 0.5) is 0 Å². The molecule has 1 amide bonds. The largest absolute Gasteiger partial charge is 0.477 e. The predicted octanol–water partition coefficient (Wildman–Crippen LogP) is -0.192. The van der Waals surface area contributed by atoms with Crippen molar-refractivity contribution in [1.82, 2.24) is 4.98 Å². The Morgan fingerprint density at radius 3 is 2.77 bits per heavy atom. The number of nitrogens with zero attached hydrogens (tertiary/aromatic N) is 1. The fraction of sp³-hybridized carbons (Fsp3) is 0.125. The van der Waals surface area contributed by atoms with Crippen molar-refractivity contribution < 1.29 is 14.7 Å². The molecule has 0 atom stereocenters. The monoisotopic (exact) mass is 180 g/mol. The first kappa shape index (κ1) is 9.18. The van der Waals surface area contributed by atoms with Crippen LogP contribution in [0.15, 0.2) is 18.3 Å². The van der Waals surface area contributed by atoms with Crippen LogP contribution in [-0.4, -0.2) is 22.0 Å². The second-order valence-corrected chi connectivity index (χ2v) is 2.50. The van der Waals surface area contributed by atoms with Crippen molar-refractivity contribution in [1.29, 1.82) is 0 Å². The standard InChI is InChI=1S/C8H8N2O3/c9-7(11)4-5-1-2-10-6(3-5)8(12)13/h1-3H,4H2,(H2,9,11)(H,12,13). The summed E-state index contributed by atoms with van der Waals surface area (Å²) in [5.74, 6) is -1.62. The molecule has 13 heavy (non-hydrogen) atoms. The molecule has 1 heterocycles. The molecule has 0 fully saturated rings. The number of aromatic carboxylic acids is 1. The third-order valence-electron chi connectivity index (χ3n) is 1.42. The zero-order valence-corrected chi connectivity index (χ0v) is 6.73. The molecule has 0 aromatic carbocycles. The van der Waals surface area contributed by atoms with Crippen molar-refractivity contribution in [2.45, 2.75) is 6.42 Å². The molecule has 0 aliphatic rings. The van der Waals surface area contributed by atoms with Crippen LogP contribution in [0.25, 0.3) is 0 Å². The number of hydrogen-bond donors (Lipinski definition) is 2. The van der Waals surface area contributed by atoms with Gasteiger partial charge in [0.25, 0.3) is 0 Å². The van der Waals surface area contributed by atoms with Gasteiger partial charge in [-0.25, -0.2) is 9.78 Å². The fourth-order valence-electron chi connectivity index (χ4n) is 0.902. The van der Waals surface area contributed by atoms with Crippen LogP contribution >= 0.6 is 0 Å². The number of primary amides is 1. The van der Waals surface area contributed by atoms with Crippen molar-refractivity contribution in [3.8, 4) is 0 Å². The highest BCUT2D eigenvalue weighted by atomic mass is 16.4. The Labute approximate surface area is 74.2 Å². The van der Waals surface area contributed by atoms with Gasteiger partial charge in [0, 0.05) is 6.20 Å². The molecule has 1 rings (SSSR count). The summed E-state index contributed by atoms with van der Waals surface area (Å²) in [6.45, 7) is 0. The molecule has 5 nitrogen and oxygen atoms in total. The van der Waals surface area contributed by atoms with Gasteiger partial charge in [0.05, 0.1) is 6.42 Å². The number of carbonyl (C=O) groups is 2. The minimum Gasteiger partial charge on any atom is -0.477 e. The number of carbonyl (C=O) groups excluding carboxylic acids is 1. The molecular formula is C8H8N2O3. The van der Waals surface area contributed by atoms with Crippen molar-refractivity contribution in [2.24, 2.45) is 5.73 Å². The van der Waals surface area contributed by atoms with Crippen molar-refractivity contribution in [2.75, 3.05) is 0 Å². The van der Waals surface area contributed by atoms with E-state index < -0.39 is 11.9 Å². The number of carboxylic acid groups (broad SMARTS) is 1. The minimum atomic E-state index is -1.12. The molecule has 0 bridgehead atoms. The summed E-state index contributed by atoms with van der Waals surface area (Å²) in [5.41, 5.74) is 5.41. The van der Waals surface area contributed by atoms with Crippen molar-refractivity contribution in [3.05, 3.63) is 29.6 Å². The minimum absolute atomic E-state index is 0.0306. The summed E-state index contributed by atoms with van der Waals surface area (Å²) in [6, 6.07) is 2.88. The number of hydrogen-bond acceptors (Lipinski definition) is 3. The van der Waals surface area contributed by atoms with E-state index in [9.17, 15) is 9.59 Å². The number of carboxylic acids is 1. The first-order valence-corrected chi connectivity index (χ1v) is 3.56. The van der Waals surface area contributed by atoms with Crippen LogP contribution in [0, 0.1) is 0 Å². The normalized spacial score (nSPS) is 9.54. The van der Waals surface area contributed by atoms with E-state index >= 15 is 0 Å². The molecule has 0 radical (unpaired) electrons. The third kappa shape index (κ3) is 2.55. The van der Waals surface area contributed by atoms with Gasteiger partial charge in [-0.3, -0.25) is 4.79 Å². The average molecular weight is 180 g/mol. The maximum atomic E-state index is 10.5. The molecule has 0 aliphatic carbocycles. The summed E-state index contributed by atoms with van der Waals surface area (Å²) in [5, 5.41) is 8.56. The first-order chi connectivity index (χ1) is 6.09. The van der Waals surface area contributed by atoms with Crippen LogP contribution in [-0.2, 0) is 11.2 Å². The smallest absolute Gasteiger partial charge is 0.354 e. The molecule has 3 N–H and O–H groups in total. The zero-order chi connectivity index (χ0) is 9.84. The van der Waals surface area contributed by atoms with Gasteiger partial charge in [-0.2, -0.15) is 0 Å². The maximum absolute atomic E-state index is 10.5. The molecule has 68 valence electrons. The topological polar surface area (TPSA) is 93.3 Å². The summed E-state index contributed by atoms with van der Waals surface area (Å²) < 4.78 is 0. The van der Waals surface area contributed by atoms with Crippen LogP contribution in [0.3, 0.4) is 0 Å². The molecule has 1 aromatic heterocycles. The zero-order valence-electron chi connectivity index (χ0n) is 6.73. The van der Waals surface area contributed by atoms with Gasteiger partial charge in [0.15, 0.2) is 0 Å². The van der Waals surface area contributed by atoms with E-state index in [0.29, 0.717) is 5.56 Å². The van der Waals surface area contributed by atoms with Gasteiger partial charge >= 0.3 is 5.97 Å². The van der Waals surface area contributed by atoms with Crippen molar-refractivity contribution in [3.63, 3.8) is 0 Å². The Kier molecular flexibility index (Phi) is 2.59. The SMILES string of the molecule is NC(=O)Cc1ccnc(C(=O)O)c1. The fourth-order valence-corrected chi connectivity index (χ4v) is 0.902. The highest BCUT2D eigenvalue weighted by Crippen LogP contribution is 2.02. The lowest BCUT2D eigenvalue weighted by atomic mass is 10.1. The number of pyridine rings is 1. The van der Waals surface area contributed by atoms with Gasteiger partial charge in [-0.1, -0.05) is 0 Å². The van der Waals surface area contributed by atoms with E-state index in [0.717, 1.165) is 0 Å². The molecule has 0 unspecified atom stereocenters. The maximum Gasteiger partial charge on any atom is 0.354 e. The van der Waals surface area contributed by atoms with Gasteiger partial charge in [0.2, 0.25) is 5.91 Å². The second kappa shape index (κ2) is 3.66. The second-order valence-electron chi connectivity index (χ2n) is 2.50. The van der Waals surface area contributed by atoms with Crippen LogP contribution in [0.2, 0.25) is 0 Å². The molecule has 0 spiro atoms. The van der Waals surface area contributed by atoms with E-state index in [1.54, 1.807) is 6.07 Å². The Hall–Kier alpha value is -1.91. The van der Waals surface area contributed by atoms with E-state index in [1.807, 2.05) is 0 Å². The van der Waals surface area contributed by atoms with E-state index in [4.69, 9.17) is 10.8 Å². The molecule has 0 saturated heterocycles. The lowest BCUT2D eigenvalue weighted by molar-refractivity contribution is -0.117. The highest BCUT2D eigenvalue weighted by Gasteiger charge is 2.05. The average Bonchev–Trinajstić information content (AvgIpc) is 2.03. The van der Waals surface area contributed by atoms with Gasteiger partial charge in [-0.15, -0.1) is 0 Å². The van der Waals surface area contributed by atoms with Crippen LogP contribution < -0.4 is 5.73 Å². The van der Waals surface area contributed by atoms with E-state index in [-0.39, 0.29) is 12.1 Å². The molecule has 0 aliphatic heterocycles. The Morgan fingerprint density at radius 1 is 1.54 bits per heavy atom. The molecule has 0 saturated carbocycles.